The fourth-order valence-electron chi connectivity index (χ4n) is 3.17. The zero-order valence-electron chi connectivity index (χ0n) is 13.8. The van der Waals surface area contributed by atoms with E-state index in [1.54, 1.807) is 10.8 Å². The zero-order valence-corrected chi connectivity index (χ0v) is 13.8. The maximum atomic E-state index is 10.2. The van der Waals surface area contributed by atoms with Crippen molar-refractivity contribution < 1.29 is 5.11 Å². The van der Waals surface area contributed by atoms with E-state index in [-0.39, 0.29) is 0 Å². The van der Waals surface area contributed by atoms with E-state index in [0.29, 0.717) is 11.8 Å². The van der Waals surface area contributed by atoms with E-state index in [1.807, 2.05) is 13.8 Å². The first-order chi connectivity index (χ1) is 10.4. The average molecular weight is 303 g/mol. The van der Waals surface area contributed by atoms with Gasteiger partial charge in [-0.15, -0.1) is 10.2 Å². The summed E-state index contributed by atoms with van der Waals surface area (Å²) >= 11 is 0. The summed E-state index contributed by atoms with van der Waals surface area (Å²) in [6.07, 6.45) is 3.64. The van der Waals surface area contributed by atoms with Gasteiger partial charge in [-0.1, -0.05) is 13.8 Å². The summed E-state index contributed by atoms with van der Waals surface area (Å²) in [4.78, 5) is 2.35. The van der Waals surface area contributed by atoms with Gasteiger partial charge < -0.3 is 10.0 Å². The van der Waals surface area contributed by atoms with Gasteiger partial charge in [0, 0.05) is 13.1 Å². The second-order valence-corrected chi connectivity index (χ2v) is 7.12. The lowest BCUT2D eigenvalue weighted by atomic mass is 9.83. The minimum absolute atomic E-state index is 0.351. The quantitative estimate of drug-likeness (QED) is 0.942. The van der Waals surface area contributed by atoms with Crippen LogP contribution in [0.4, 0.5) is 5.69 Å². The average Bonchev–Trinajstić information content (AvgIpc) is 2.93. The predicted octanol–water partition coefficient (Wildman–Crippen LogP) is 2.24. The topological polar surface area (TPSA) is 66.5 Å². The molecule has 1 saturated heterocycles. The van der Waals surface area contributed by atoms with E-state index in [2.05, 4.69) is 40.1 Å². The number of aliphatic hydroxyl groups is 1. The van der Waals surface area contributed by atoms with Gasteiger partial charge in [-0.05, 0) is 44.6 Å². The van der Waals surface area contributed by atoms with Crippen molar-refractivity contribution >= 4 is 11.3 Å². The maximum Gasteiger partial charge on any atom is 0.200 e. The summed E-state index contributed by atoms with van der Waals surface area (Å²) in [6, 6.07) is 2.14. The number of rotatable bonds is 3. The number of piperidine rings is 1. The van der Waals surface area contributed by atoms with Crippen LogP contribution in [-0.2, 0) is 0 Å². The van der Waals surface area contributed by atoms with Crippen LogP contribution < -0.4 is 4.90 Å². The molecule has 0 amide bonds. The summed E-state index contributed by atoms with van der Waals surface area (Å²) < 4.78 is 1.77. The molecule has 1 aliphatic heterocycles. The Balaban J connectivity index is 1.89. The molecule has 0 aromatic carbocycles. The highest BCUT2D eigenvalue weighted by molar-refractivity contribution is 5.68. The Labute approximate surface area is 131 Å². The molecule has 1 aliphatic rings. The highest BCUT2D eigenvalue weighted by Crippen LogP contribution is 2.32. The lowest BCUT2D eigenvalue weighted by Gasteiger charge is -2.38. The van der Waals surface area contributed by atoms with Gasteiger partial charge in [0.15, 0.2) is 0 Å². The van der Waals surface area contributed by atoms with E-state index in [0.717, 1.165) is 43.0 Å². The molecule has 2 aromatic heterocycles. The molecule has 3 heterocycles. The molecular formula is C16H25N5O. The Hall–Kier alpha value is -1.69. The number of aromatic nitrogens is 4. The number of anilines is 1. The molecule has 0 radical (unpaired) electrons. The summed E-state index contributed by atoms with van der Waals surface area (Å²) in [7, 11) is 0. The molecule has 120 valence electrons. The van der Waals surface area contributed by atoms with Crippen LogP contribution >= 0.6 is 0 Å². The third kappa shape index (κ3) is 2.79. The van der Waals surface area contributed by atoms with Crippen LogP contribution in [0.1, 0.15) is 52.1 Å². The molecule has 22 heavy (non-hydrogen) atoms. The van der Waals surface area contributed by atoms with Crippen molar-refractivity contribution in [3.8, 4) is 0 Å². The summed E-state index contributed by atoms with van der Waals surface area (Å²) in [6.45, 7) is 9.96. The first kappa shape index (κ1) is 15.2. The molecule has 1 fully saturated rings. The van der Waals surface area contributed by atoms with Gasteiger partial charge in [-0.25, -0.2) is 0 Å². The molecule has 0 atom stereocenters. The third-order valence-electron chi connectivity index (χ3n) is 4.69. The van der Waals surface area contributed by atoms with Gasteiger partial charge in [0.2, 0.25) is 5.65 Å². The molecule has 6 heteroatoms. The molecule has 1 N–H and O–H groups in total. The second-order valence-electron chi connectivity index (χ2n) is 7.12. The Bertz CT molecular complexity index is 650. The van der Waals surface area contributed by atoms with E-state index >= 15 is 0 Å². The Morgan fingerprint density at radius 1 is 1.27 bits per heavy atom. The molecule has 0 saturated carbocycles. The van der Waals surface area contributed by atoms with Gasteiger partial charge in [0.25, 0.3) is 0 Å². The van der Waals surface area contributed by atoms with Crippen molar-refractivity contribution in [1.29, 1.82) is 0 Å². The fourth-order valence-corrected chi connectivity index (χ4v) is 3.17. The van der Waals surface area contributed by atoms with Crippen molar-refractivity contribution in [2.45, 2.75) is 52.1 Å². The highest BCUT2D eigenvalue weighted by atomic mass is 16.3. The van der Waals surface area contributed by atoms with Crippen molar-refractivity contribution in [3.63, 3.8) is 0 Å². The number of fused-ring (bicyclic) bond motifs is 1. The van der Waals surface area contributed by atoms with Crippen molar-refractivity contribution in [3.05, 3.63) is 18.1 Å². The summed E-state index contributed by atoms with van der Waals surface area (Å²) in [5.41, 5.74) is 2.36. The largest absolute Gasteiger partial charge is 0.390 e. The van der Waals surface area contributed by atoms with Gasteiger partial charge in [-0.2, -0.15) is 9.61 Å². The molecule has 0 spiro atoms. The summed E-state index contributed by atoms with van der Waals surface area (Å²) in [5.74, 6) is 0.712. The first-order valence-corrected chi connectivity index (χ1v) is 8.04. The van der Waals surface area contributed by atoms with Crippen LogP contribution in [0.2, 0.25) is 0 Å². The third-order valence-corrected chi connectivity index (χ3v) is 4.69. The highest BCUT2D eigenvalue weighted by Gasteiger charge is 2.31. The van der Waals surface area contributed by atoms with Crippen LogP contribution in [0, 0.1) is 5.92 Å². The second kappa shape index (κ2) is 5.50. The van der Waals surface area contributed by atoms with Crippen molar-refractivity contribution in [2.75, 3.05) is 18.0 Å². The van der Waals surface area contributed by atoms with E-state index in [1.165, 1.54) is 0 Å². The van der Waals surface area contributed by atoms with E-state index < -0.39 is 5.60 Å². The monoisotopic (exact) mass is 303 g/mol. The summed E-state index contributed by atoms with van der Waals surface area (Å²) in [5, 5.41) is 23.0. The number of hydrogen-bond donors (Lipinski definition) is 1. The fraction of sp³-hybridized carbons (Fsp3) is 0.688. The molecule has 0 bridgehead atoms. The molecule has 3 rings (SSSR count). The molecule has 6 nitrogen and oxygen atoms in total. The Morgan fingerprint density at radius 2 is 1.95 bits per heavy atom. The van der Waals surface area contributed by atoms with E-state index in [9.17, 15) is 5.11 Å². The molecular weight excluding hydrogens is 278 g/mol. The normalized spacial score (nSPS) is 17.6. The lowest BCUT2D eigenvalue weighted by molar-refractivity contribution is 0.00653. The number of nitrogens with zero attached hydrogens (tertiary/aromatic N) is 5. The molecule has 0 aliphatic carbocycles. The van der Waals surface area contributed by atoms with Crippen LogP contribution in [0.3, 0.4) is 0 Å². The zero-order chi connectivity index (χ0) is 15.9. The Morgan fingerprint density at radius 3 is 2.55 bits per heavy atom. The van der Waals surface area contributed by atoms with Gasteiger partial charge >= 0.3 is 0 Å². The molecule has 0 unspecified atom stereocenters. The lowest BCUT2D eigenvalue weighted by Crippen LogP contribution is -2.42. The Kier molecular flexibility index (Phi) is 3.80. The minimum atomic E-state index is -0.600. The molecule has 2 aromatic rings. The van der Waals surface area contributed by atoms with Crippen molar-refractivity contribution in [2.24, 2.45) is 5.92 Å². The van der Waals surface area contributed by atoms with Gasteiger partial charge in [0.1, 0.15) is 6.33 Å². The maximum absolute atomic E-state index is 10.2. The SMILES string of the molecule is CC(C)c1cc(N2CCC(C(C)(C)O)CC2)c2nncn2n1. The predicted molar refractivity (Wildman–Crippen MR) is 86.1 cm³/mol. The van der Waals surface area contributed by atoms with Gasteiger partial charge in [-0.3, -0.25) is 0 Å². The van der Waals surface area contributed by atoms with Crippen LogP contribution in [-0.4, -0.2) is 43.6 Å². The van der Waals surface area contributed by atoms with Crippen LogP contribution in [0.15, 0.2) is 12.4 Å². The van der Waals surface area contributed by atoms with E-state index in [4.69, 9.17) is 0 Å². The first-order valence-electron chi connectivity index (χ1n) is 8.04. The van der Waals surface area contributed by atoms with Crippen LogP contribution in [0.25, 0.3) is 5.65 Å². The minimum Gasteiger partial charge on any atom is -0.390 e. The van der Waals surface area contributed by atoms with Crippen LogP contribution in [0.5, 0.6) is 0 Å². The van der Waals surface area contributed by atoms with Gasteiger partial charge in [0.05, 0.1) is 17.0 Å². The van der Waals surface area contributed by atoms with Crippen molar-refractivity contribution in [1.82, 2.24) is 19.8 Å². The standard InChI is InChI=1S/C16H25N5O/c1-11(2)13-9-14(15-18-17-10-21(15)19-13)20-7-5-12(6-8-20)16(3,4)22/h9-12,22H,5-8H2,1-4H3. The smallest absolute Gasteiger partial charge is 0.200 e. The number of hydrogen-bond acceptors (Lipinski definition) is 5.